The number of rotatable bonds is 5. The predicted octanol–water partition coefficient (Wildman–Crippen LogP) is 3.15. The Morgan fingerprint density at radius 1 is 1.00 bits per heavy atom. The third-order valence-electron chi connectivity index (χ3n) is 3.25. The molecule has 0 aromatic heterocycles. The topological polar surface area (TPSA) is 29.1 Å². The second kappa shape index (κ2) is 6.74. The summed E-state index contributed by atoms with van der Waals surface area (Å²) in [6.07, 6.45) is 0.869. The van der Waals surface area contributed by atoms with Crippen molar-refractivity contribution in [2.45, 2.75) is 19.3 Å². The first-order chi connectivity index (χ1) is 9.27. The Kier molecular flexibility index (Phi) is 4.73. The van der Waals surface area contributed by atoms with Crippen LogP contribution >= 0.6 is 0 Å². The van der Waals surface area contributed by atoms with Crippen LogP contribution in [0.3, 0.4) is 0 Å². The minimum atomic E-state index is -0.100. The van der Waals surface area contributed by atoms with Crippen LogP contribution < -0.4 is 5.32 Å². The molecule has 98 valence electrons. The van der Waals surface area contributed by atoms with E-state index in [-0.39, 0.29) is 11.8 Å². The highest BCUT2D eigenvalue weighted by molar-refractivity contribution is 5.83. The highest BCUT2D eigenvalue weighted by atomic mass is 16.1. The molecule has 2 heteroatoms. The molecule has 1 amide bonds. The van der Waals surface area contributed by atoms with Gasteiger partial charge in [0.2, 0.25) is 5.91 Å². The zero-order valence-electron chi connectivity index (χ0n) is 11.2. The van der Waals surface area contributed by atoms with E-state index < -0.39 is 0 Å². The molecule has 0 aliphatic heterocycles. The summed E-state index contributed by atoms with van der Waals surface area (Å²) in [4.78, 5) is 12.0. The van der Waals surface area contributed by atoms with E-state index in [1.807, 2.05) is 55.5 Å². The predicted molar refractivity (Wildman–Crippen MR) is 78.0 cm³/mol. The van der Waals surface area contributed by atoms with Crippen LogP contribution in [-0.2, 0) is 11.2 Å². The number of hydrogen-bond donors (Lipinski definition) is 1. The van der Waals surface area contributed by atoms with Gasteiger partial charge in [0.1, 0.15) is 0 Å². The van der Waals surface area contributed by atoms with E-state index in [1.165, 1.54) is 5.56 Å². The summed E-state index contributed by atoms with van der Waals surface area (Å²) in [6.45, 7) is 2.62. The van der Waals surface area contributed by atoms with Gasteiger partial charge in [-0.2, -0.15) is 0 Å². The molecule has 2 aromatic carbocycles. The summed E-state index contributed by atoms with van der Waals surface area (Å²) in [5.41, 5.74) is 2.30. The van der Waals surface area contributed by atoms with Crippen molar-refractivity contribution in [3.8, 4) is 0 Å². The number of nitrogens with one attached hydrogen (secondary N) is 1. The number of benzene rings is 2. The molecule has 0 spiro atoms. The summed E-state index contributed by atoms with van der Waals surface area (Å²) < 4.78 is 0. The fraction of sp³-hybridized carbons (Fsp3) is 0.235. The van der Waals surface area contributed by atoms with Crippen molar-refractivity contribution in [3.05, 3.63) is 71.8 Å². The molecule has 1 N–H and O–H groups in total. The first-order valence-electron chi connectivity index (χ1n) is 6.64. The summed E-state index contributed by atoms with van der Waals surface area (Å²) in [5, 5.41) is 2.99. The molecule has 0 saturated heterocycles. The maximum absolute atomic E-state index is 12.0. The standard InChI is InChI=1S/C17H19NO/c1-14(16-10-6-3-7-11-16)17(19)18-13-12-15-8-4-2-5-9-15/h2-11,14H,12-13H2,1H3,(H,18,19)/t14-/m1/s1. The molecule has 0 aliphatic carbocycles. The Labute approximate surface area is 114 Å². The van der Waals surface area contributed by atoms with Crippen molar-refractivity contribution >= 4 is 5.91 Å². The van der Waals surface area contributed by atoms with Crippen molar-refractivity contribution in [2.24, 2.45) is 0 Å². The lowest BCUT2D eigenvalue weighted by atomic mass is 10.0. The number of hydrogen-bond acceptors (Lipinski definition) is 1. The van der Waals surface area contributed by atoms with Crippen LogP contribution in [0.1, 0.15) is 24.0 Å². The summed E-state index contributed by atoms with van der Waals surface area (Å²) in [5.74, 6) is -0.0147. The fourth-order valence-electron chi connectivity index (χ4n) is 2.02. The van der Waals surface area contributed by atoms with Gasteiger partial charge in [0.25, 0.3) is 0 Å². The van der Waals surface area contributed by atoms with Crippen molar-refractivity contribution in [2.75, 3.05) is 6.54 Å². The lowest BCUT2D eigenvalue weighted by Crippen LogP contribution is -2.29. The number of carbonyl (C=O) groups is 1. The third-order valence-corrected chi connectivity index (χ3v) is 3.25. The van der Waals surface area contributed by atoms with Gasteiger partial charge in [-0.3, -0.25) is 4.79 Å². The largest absolute Gasteiger partial charge is 0.355 e. The maximum Gasteiger partial charge on any atom is 0.227 e. The average Bonchev–Trinajstić information content (AvgIpc) is 2.48. The van der Waals surface area contributed by atoms with Gasteiger partial charge in [-0.25, -0.2) is 0 Å². The zero-order chi connectivity index (χ0) is 13.5. The van der Waals surface area contributed by atoms with E-state index in [0.29, 0.717) is 6.54 Å². The number of carbonyl (C=O) groups excluding carboxylic acids is 1. The summed E-state index contributed by atoms with van der Waals surface area (Å²) in [6, 6.07) is 20.0. The van der Waals surface area contributed by atoms with Gasteiger partial charge >= 0.3 is 0 Å². The van der Waals surface area contributed by atoms with E-state index in [4.69, 9.17) is 0 Å². The molecule has 0 fully saturated rings. The average molecular weight is 253 g/mol. The van der Waals surface area contributed by atoms with Gasteiger partial charge in [-0.05, 0) is 24.5 Å². The van der Waals surface area contributed by atoms with Gasteiger partial charge in [0.05, 0.1) is 5.92 Å². The fourth-order valence-corrected chi connectivity index (χ4v) is 2.02. The molecule has 19 heavy (non-hydrogen) atoms. The van der Waals surface area contributed by atoms with E-state index in [1.54, 1.807) is 0 Å². The molecule has 2 rings (SSSR count). The minimum Gasteiger partial charge on any atom is -0.355 e. The zero-order valence-corrected chi connectivity index (χ0v) is 11.2. The first-order valence-corrected chi connectivity index (χ1v) is 6.64. The second-order valence-corrected chi connectivity index (χ2v) is 4.66. The van der Waals surface area contributed by atoms with E-state index in [0.717, 1.165) is 12.0 Å². The Hall–Kier alpha value is -2.09. The molecule has 2 nitrogen and oxygen atoms in total. The normalized spacial score (nSPS) is 11.8. The molecule has 0 heterocycles. The monoisotopic (exact) mass is 253 g/mol. The Balaban J connectivity index is 1.82. The van der Waals surface area contributed by atoms with E-state index in [2.05, 4.69) is 17.4 Å². The first kappa shape index (κ1) is 13.3. The molecule has 0 radical (unpaired) electrons. The lowest BCUT2D eigenvalue weighted by molar-refractivity contribution is -0.122. The third kappa shape index (κ3) is 3.95. The maximum atomic E-state index is 12.0. The summed E-state index contributed by atoms with van der Waals surface area (Å²) in [7, 11) is 0. The minimum absolute atomic E-state index is 0.0853. The van der Waals surface area contributed by atoms with Crippen LogP contribution in [0.5, 0.6) is 0 Å². The van der Waals surface area contributed by atoms with Gasteiger partial charge in [0.15, 0.2) is 0 Å². The molecule has 1 atom stereocenters. The molecule has 0 unspecified atom stereocenters. The lowest BCUT2D eigenvalue weighted by Gasteiger charge is -2.12. The highest BCUT2D eigenvalue weighted by Crippen LogP contribution is 2.14. The summed E-state index contributed by atoms with van der Waals surface area (Å²) >= 11 is 0. The van der Waals surface area contributed by atoms with Crippen LogP contribution in [0, 0.1) is 0 Å². The van der Waals surface area contributed by atoms with Gasteiger partial charge in [0, 0.05) is 6.54 Å². The van der Waals surface area contributed by atoms with Gasteiger partial charge in [-0.15, -0.1) is 0 Å². The van der Waals surface area contributed by atoms with Crippen molar-refractivity contribution in [1.29, 1.82) is 0 Å². The Morgan fingerprint density at radius 3 is 2.21 bits per heavy atom. The number of amides is 1. The van der Waals surface area contributed by atoms with Crippen LogP contribution in [0.15, 0.2) is 60.7 Å². The second-order valence-electron chi connectivity index (χ2n) is 4.66. The van der Waals surface area contributed by atoms with Crippen molar-refractivity contribution in [1.82, 2.24) is 5.32 Å². The van der Waals surface area contributed by atoms with Crippen LogP contribution in [0.4, 0.5) is 0 Å². The molecule has 0 saturated carbocycles. The van der Waals surface area contributed by atoms with Gasteiger partial charge < -0.3 is 5.32 Å². The van der Waals surface area contributed by atoms with Crippen molar-refractivity contribution in [3.63, 3.8) is 0 Å². The highest BCUT2D eigenvalue weighted by Gasteiger charge is 2.13. The van der Waals surface area contributed by atoms with Crippen molar-refractivity contribution < 1.29 is 4.79 Å². The molecule has 0 bridgehead atoms. The molecular formula is C17H19NO. The Bertz CT molecular complexity index is 507. The quantitative estimate of drug-likeness (QED) is 0.871. The van der Waals surface area contributed by atoms with Gasteiger partial charge in [-0.1, -0.05) is 60.7 Å². The molecule has 2 aromatic rings. The SMILES string of the molecule is C[C@@H](C(=O)NCCc1ccccc1)c1ccccc1. The molecule has 0 aliphatic rings. The Morgan fingerprint density at radius 2 is 1.58 bits per heavy atom. The van der Waals surface area contributed by atoms with Crippen LogP contribution in [0.2, 0.25) is 0 Å². The van der Waals surface area contributed by atoms with E-state index in [9.17, 15) is 4.79 Å². The van der Waals surface area contributed by atoms with Crippen LogP contribution in [-0.4, -0.2) is 12.5 Å². The smallest absolute Gasteiger partial charge is 0.227 e. The van der Waals surface area contributed by atoms with E-state index >= 15 is 0 Å². The van der Waals surface area contributed by atoms with Crippen LogP contribution in [0.25, 0.3) is 0 Å². The molecular weight excluding hydrogens is 234 g/mol.